The minimum absolute atomic E-state index is 0.645. The summed E-state index contributed by atoms with van der Waals surface area (Å²) in [4.78, 5) is 11.9. The SMILES string of the molecule is CCCCCCCCCCCCCCCCSC(C)(SCCCCCCCCCCCCCCCC)C(=O)O. The first-order valence-corrected chi connectivity index (χ1v) is 19.5. The Morgan fingerprint density at radius 2 is 0.641 bits per heavy atom. The van der Waals surface area contributed by atoms with E-state index >= 15 is 0 Å². The molecule has 0 amide bonds. The largest absolute Gasteiger partial charge is 0.480 e. The monoisotopic (exact) mass is 586 g/mol. The molecule has 0 aliphatic rings. The number of hydrogen-bond donors (Lipinski definition) is 1. The van der Waals surface area contributed by atoms with E-state index in [1.54, 1.807) is 23.5 Å². The lowest BCUT2D eigenvalue weighted by Crippen LogP contribution is -2.28. The summed E-state index contributed by atoms with van der Waals surface area (Å²) in [5.41, 5.74) is 0. The number of carboxylic acids is 1. The quantitative estimate of drug-likeness (QED) is 0.0613. The number of rotatable bonds is 33. The van der Waals surface area contributed by atoms with Crippen molar-refractivity contribution in [2.75, 3.05) is 11.5 Å². The van der Waals surface area contributed by atoms with Gasteiger partial charge in [0.25, 0.3) is 0 Å². The van der Waals surface area contributed by atoms with Crippen LogP contribution in [0.5, 0.6) is 0 Å². The lowest BCUT2D eigenvalue weighted by Gasteiger charge is -2.23. The Morgan fingerprint density at radius 1 is 0.436 bits per heavy atom. The van der Waals surface area contributed by atoms with Crippen LogP contribution in [0.4, 0.5) is 0 Å². The van der Waals surface area contributed by atoms with E-state index in [1.807, 2.05) is 6.92 Å². The molecule has 0 fully saturated rings. The number of aliphatic carboxylic acids is 1. The topological polar surface area (TPSA) is 37.3 Å². The van der Waals surface area contributed by atoms with Crippen molar-refractivity contribution >= 4 is 29.5 Å². The minimum atomic E-state index is -0.674. The van der Waals surface area contributed by atoms with E-state index in [9.17, 15) is 9.90 Å². The van der Waals surface area contributed by atoms with E-state index in [-0.39, 0.29) is 0 Å². The highest BCUT2D eigenvalue weighted by Gasteiger charge is 2.33. The van der Waals surface area contributed by atoms with Gasteiger partial charge in [-0.05, 0) is 31.3 Å². The van der Waals surface area contributed by atoms with Crippen molar-refractivity contribution < 1.29 is 9.90 Å². The molecule has 4 heteroatoms. The van der Waals surface area contributed by atoms with Crippen LogP contribution >= 0.6 is 23.5 Å². The fourth-order valence-corrected chi connectivity index (χ4v) is 7.85. The Labute approximate surface area is 254 Å². The highest BCUT2D eigenvalue weighted by molar-refractivity contribution is 8.19. The van der Waals surface area contributed by atoms with Gasteiger partial charge >= 0.3 is 5.97 Å². The average Bonchev–Trinajstić information content (AvgIpc) is 2.93. The van der Waals surface area contributed by atoms with Crippen molar-refractivity contribution in [1.82, 2.24) is 0 Å². The second-order valence-corrected chi connectivity index (χ2v) is 15.4. The highest BCUT2D eigenvalue weighted by atomic mass is 32.2. The predicted octanol–water partition coefficient (Wildman–Crippen LogP) is 13.2. The molecule has 0 aliphatic carbocycles. The van der Waals surface area contributed by atoms with Gasteiger partial charge in [-0.25, -0.2) is 4.79 Å². The first-order valence-electron chi connectivity index (χ1n) is 17.6. The molecule has 0 saturated heterocycles. The van der Waals surface area contributed by atoms with E-state index in [0.717, 1.165) is 24.3 Å². The van der Waals surface area contributed by atoms with Crippen molar-refractivity contribution in [2.45, 2.75) is 205 Å². The van der Waals surface area contributed by atoms with Crippen LogP contribution < -0.4 is 0 Å². The van der Waals surface area contributed by atoms with Gasteiger partial charge < -0.3 is 5.11 Å². The summed E-state index contributed by atoms with van der Waals surface area (Å²) in [7, 11) is 0. The Morgan fingerprint density at radius 3 is 0.846 bits per heavy atom. The van der Waals surface area contributed by atoms with Crippen LogP contribution in [0.1, 0.15) is 201 Å². The van der Waals surface area contributed by atoms with Crippen molar-refractivity contribution in [2.24, 2.45) is 0 Å². The van der Waals surface area contributed by atoms with Crippen LogP contribution in [0.25, 0.3) is 0 Å². The second-order valence-electron chi connectivity index (χ2n) is 12.1. The van der Waals surface area contributed by atoms with Gasteiger partial charge in [-0.15, -0.1) is 23.5 Å². The van der Waals surface area contributed by atoms with Crippen LogP contribution in [0, 0.1) is 0 Å². The number of unbranched alkanes of at least 4 members (excludes halogenated alkanes) is 26. The summed E-state index contributed by atoms with van der Waals surface area (Å²) in [6, 6.07) is 0. The number of thioether (sulfide) groups is 2. The van der Waals surface area contributed by atoms with E-state index < -0.39 is 10.0 Å². The molecule has 0 aromatic rings. The molecular weight excluding hydrogens is 517 g/mol. The normalized spacial score (nSPS) is 11.9. The van der Waals surface area contributed by atoms with Crippen molar-refractivity contribution in [1.29, 1.82) is 0 Å². The Hall–Kier alpha value is 0.170. The molecule has 0 aliphatic heterocycles. The first-order chi connectivity index (χ1) is 19.1. The highest BCUT2D eigenvalue weighted by Crippen LogP contribution is 2.38. The fourth-order valence-electron chi connectivity index (χ4n) is 5.29. The van der Waals surface area contributed by atoms with Gasteiger partial charge in [-0.3, -0.25) is 0 Å². The molecule has 0 saturated carbocycles. The zero-order chi connectivity index (χ0) is 28.7. The fraction of sp³-hybridized carbons (Fsp3) is 0.971. The van der Waals surface area contributed by atoms with E-state index in [0.29, 0.717) is 0 Å². The molecule has 0 aromatic carbocycles. The third kappa shape index (κ3) is 28.1. The van der Waals surface area contributed by atoms with Crippen LogP contribution in [0.15, 0.2) is 0 Å². The van der Waals surface area contributed by atoms with Gasteiger partial charge in [-0.2, -0.15) is 0 Å². The second kappa shape index (κ2) is 31.1. The third-order valence-electron chi connectivity index (χ3n) is 8.14. The molecule has 1 N–H and O–H groups in total. The van der Waals surface area contributed by atoms with Crippen LogP contribution in [0.2, 0.25) is 0 Å². The van der Waals surface area contributed by atoms with Gasteiger partial charge in [0.15, 0.2) is 4.08 Å². The smallest absolute Gasteiger partial charge is 0.329 e. The standard InChI is InChI=1S/C35H70O2S2/c1-4-6-8-10-12-14-16-18-20-22-24-26-28-30-32-38-35(3,34(36)37)39-33-31-29-27-25-23-21-19-17-15-13-11-9-7-5-2/h4-33H2,1-3H3,(H,36,37). The summed E-state index contributed by atoms with van der Waals surface area (Å²) in [5.74, 6) is 1.31. The molecule has 0 rings (SSSR count). The summed E-state index contributed by atoms with van der Waals surface area (Å²) < 4.78 is -0.674. The molecule has 234 valence electrons. The molecule has 2 nitrogen and oxygen atoms in total. The zero-order valence-corrected chi connectivity index (χ0v) is 28.5. The number of carbonyl (C=O) groups is 1. The Kier molecular flexibility index (Phi) is 31.2. The molecule has 0 heterocycles. The van der Waals surface area contributed by atoms with E-state index in [2.05, 4.69) is 13.8 Å². The van der Waals surface area contributed by atoms with Crippen LogP contribution in [0.3, 0.4) is 0 Å². The summed E-state index contributed by atoms with van der Waals surface area (Å²) in [6.07, 6.45) is 38.4. The first kappa shape index (κ1) is 39.2. The Balaban J connectivity index is 3.53. The molecular formula is C35H70O2S2. The number of hydrogen-bond acceptors (Lipinski definition) is 3. The molecule has 39 heavy (non-hydrogen) atoms. The van der Waals surface area contributed by atoms with Gasteiger partial charge in [0.2, 0.25) is 0 Å². The van der Waals surface area contributed by atoms with Crippen molar-refractivity contribution in [3.63, 3.8) is 0 Å². The van der Waals surface area contributed by atoms with E-state index in [1.165, 1.54) is 167 Å². The summed E-state index contributed by atoms with van der Waals surface area (Å²) >= 11 is 3.33. The van der Waals surface area contributed by atoms with Gasteiger partial charge in [0.1, 0.15) is 0 Å². The van der Waals surface area contributed by atoms with E-state index in [4.69, 9.17) is 0 Å². The molecule has 0 aromatic heterocycles. The summed E-state index contributed by atoms with van der Waals surface area (Å²) in [6.45, 7) is 6.50. The minimum Gasteiger partial charge on any atom is -0.480 e. The van der Waals surface area contributed by atoms with Gasteiger partial charge in [0.05, 0.1) is 0 Å². The maximum Gasteiger partial charge on any atom is 0.329 e. The third-order valence-corrected chi connectivity index (χ3v) is 11.3. The van der Waals surface area contributed by atoms with Gasteiger partial charge in [0, 0.05) is 0 Å². The maximum absolute atomic E-state index is 11.9. The molecule has 0 spiro atoms. The van der Waals surface area contributed by atoms with Crippen molar-refractivity contribution in [3.8, 4) is 0 Å². The molecule has 0 radical (unpaired) electrons. The van der Waals surface area contributed by atoms with Gasteiger partial charge in [-0.1, -0.05) is 181 Å². The van der Waals surface area contributed by atoms with Crippen LogP contribution in [-0.2, 0) is 4.79 Å². The summed E-state index contributed by atoms with van der Waals surface area (Å²) in [5, 5.41) is 9.82. The predicted molar refractivity (Wildman–Crippen MR) is 182 cm³/mol. The lowest BCUT2D eigenvalue weighted by molar-refractivity contribution is -0.136. The maximum atomic E-state index is 11.9. The number of carboxylic acid groups (broad SMARTS) is 1. The van der Waals surface area contributed by atoms with Crippen LogP contribution in [-0.4, -0.2) is 26.7 Å². The Bertz CT molecular complexity index is 463. The zero-order valence-electron chi connectivity index (χ0n) is 26.9. The molecule has 0 atom stereocenters. The average molecular weight is 587 g/mol. The van der Waals surface area contributed by atoms with Crippen molar-refractivity contribution in [3.05, 3.63) is 0 Å². The molecule has 0 bridgehead atoms. The lowest BCUT2D eigenvalue weighted by atomic mass is 10.0. The molecule has 0 unspecified atom stereocenters.